The SMILES string of the molecule is CCc1c(N2CCNCC2)ccnc1C. The fourth-order valence-electron chi connectivity index (χ4n) is 2.22. The maximum Gasteiger partial charge on any atom is 0.0433 e. The number of pyridine rings is 1. The summed E-state index contributed by atoms with van der Waals surface area (Å²) in [7, 11) is 0. The molecule has 1 aliphatic rings. The van der Waals surface area contributed by atoms with Crippen molar-refractivity contribution >= 4 is 5.69 Å². The van der Waals surface area contributed by atoms with Crippen molar-refractivity contribution in [3.8, 4) is 0 Å². The number of aromatic nitrogens is 1. The van der Waals surface area contributed by atoms with Gasteiger partial charge in [0.25, 0.3) is 0 Å². The molecule has 1 aromatic heterocycles. The summed E-state index contributed by atoms with van der Waals surface area (Å²) in [5.41, 5.74) is 3.96. The highest BCUT2D eigenvalue weighted by Crippen LogP contribution is 2.22. The number of piperazine rings is 1. The summed E-state index contributed by atoms with van der Waals surface area (Å²) >= 11 is 0. The average molecular weight is 205 g/mol. The Hall–Kier alpha value is -1.09. The van der Waals surface area contributed by atoms with Gasteiger partial charge in [0.1, 0.15) is 0 Å². The summed E-state index contributed by atoms with van der Waals surface area (Å²) in [6, 6.07) is 2.15. The van der Waals surface area contributed by atoms with Crippen LogP contribution in [0.15, 0.2) is 12.3 Å². The van der Waals surface area contributed by atoms with Gasteiger partial charge in [-0.1, -0.05) is 6.92 Å². The Kier molecular flexibility index (Phi) is 3.21. The molecule has 1 fully saturated rings. The first-order chi connectivity index (χ1) is 7.33. The molecule has 0 saturated carbocycles. The Bertz CT molecular complexity index is 330. The third kappa shape index (κ3) is 2.12. The smallest absolute Gasteiger partial charge is 0.0433 e. The standard InChI is InChI=1S/C12H19N3/c1-3-11-10(2)14-5-4-12(11)15-8-6-13-7-9-15/h4-5,13H,3,6-9H2,1-2H3. The van der Waals surface area contributed by atoms with E-state index >= 15 is 0 Å². The second-order valence-electron chi connectivity index (χ2n) is 3.98. The lowest BCUT2D eigenvalue weighted by Gasteiger charge is -2.31. The van der Waals surface area contributed by atoms with Crippen LogP contribution in [0.2, 0.25) is 0 Å². The van der Waals surface area contributed by atoms with E-state index in [1.807, 2.05) is 6.20 Å². The number of hydrogen-bond donors (Lipinski definition) is 1. The molecule has 0 amide bonds. The zero-order valence-corrected chi connectivity index (χ0v) is 9.58. The van der Waals surface area contributed by atoms with E-state index in [-0.39, 0.29) is 0 Å². The lowest BCUT2D eigenvalue weighted by atomic mass is 10.1. The normalized spacial score (nSPS) is 16.8. The van der Waals surface area contributed by atoms with Gasteiger partial charge in [0.2, 0.25) is 0 Å². The van der Waals surface area contributed by atoms with Crippen molar-refractivity contribution in [3.05, 3.63) is 23.5 Å². The van der Waals surface area contributed by atoms with Crippen LogP contribution in [-0.4, -0.2) is 31.2 Å². The molecule has 3 heteroatoms. The van der Waals surface area contributed by atoms with Gasteiger partial charge >= 0.3 is 0 Å². The molecule has 15 heavy (non-hydrogen) atoms. The minimum Gasteiger partial charge on any atom is -0.369 e. The van der Waals surface area contributed by atoms with Crippen LogP contribution >= 0.6 is 0 Å². The minimum absolute atomic E-state index is 1.07. The molecule has 0 atom stereocenters. The van der Waals surface area contributed by atoms with Crippen LogP contribution in [0, 0.1) is 6.92 Å². The molecule has 1 aliphatic heterocycles. The lowest BCUT2D eigenvalue weighted by molar-refractivity contribution is 0.587. The van der Waals surface area contributed by atoms with E-state index in [0.29, 0.717) is 0 Å². The van der Waals surface area contributed by atoms with Crippen LogP contribution in [0.25, 0.3) is 0 Å². The molecular formula is C12H19N3. The van der Waals surface area contributed by atoms with Crippen LogP contribution < -0.4 is 10.2 Å². The monoisotopic (exact) mass is 205 g/mol. The molecular weight excluding hydrogens is 186 g/mol. The minimum atomic E-state index is 1.07. The van der Waals surface area contributed by atoms with Gasteiger partial charge in [0, 0.05) is 43.8 Å². The molecule has 0 aromatic carbocycles. The molecule has 2 rings (SSSR count). The molecule has 1 N–H and O–H groups in total. The van der Waals surface area contributed by atoms with Crippen LogP contribution in [-0.2, 0) is 6.42 Å². The highest BCUT2D eigenvalue weighted by atomic mass is 15.2. The lowest BCUT2D eigenvalue weighted by Crippen LogP contribution is -2.44. The third-order valence-corrected chi connectivity index (χ3v) is 3.06. The van der Waals surface area contributed by atoms with Gasteiger partial charge in [-0.2, -0.15) is 0 Å². The van der Waals surface area contributed by atoms with E-state index in [0.717, 1.165) is 32.6 Å². The summed E-state index contributed by atoms with van der Waals surface area (Å²) in [5, 5.41) is 3.38. The largest absolute Gasteiger partial charge is 0.369 e. The van der Waals surface area contributed by atoms with Crippen molar-refractivity contribution in [2.45, 2.75) is 20.3 Å². The van der Waals surface area contributed by atoms with Crippen molar-refractivity contribution in [1.29, 1.82) is 0 Å². The summed E-state index contributed by atoms with van der Waals surface area (Å²) in [6.45, 7) is 8.70. The number of rotatable bonds is 2. The molecule has 82 valence electrons. The van der Waals surface area contributed by atoms with Gasteiger partial charge < -0.3 is 10.2 Å². The van der Waals surface area contributed by atoms with Crippen LogP contribution in [0.4, 0.5) is 5.69 Å². The Morgan fingerprint density at radius 3 is 2.80 bits per heavy atom. The highest BCUT2D eigenvalue weighted by molar-refractivity contribution is 5.55. The van der Waals surface area contributed by atoms with E-state index in [4.69, 9.17) is 0 Å². The summed E-state index contributed by atoms with van der Waals surface area (Å²) < 4.78 is 0. The fourth-order valence-corrected chi connectivity index (χ4v) is 2.22. The number of nitrogens with one attached hydrogen (secondary N) is 1. The predicted octanol–water partition coefficient (Wildman–Crippen LogP) is 1.36. The fraction of sp³-hybridized carbons (Fsp3) is 0.583. The second-order valence-corrected chi connectivity index (χ2v) is 3.98. The number of aryl methyl sites for hydroxylation is 1. The third-order valence-electron chi connectivity index (χ3n) is 3.06. The van der Waals surface area contributed by atoms with Gasteiger partial charge in [-0.3, -0.25) is 4.98 Å². The Balaban J connectivity index is 2.29. The van der Waals surface area contributed by atoms with Gasteiger partial charge in [-0.25, -0.2) is 0 Å². The first-order valence-electron chi connectivity index (χ1n) is 5.73. The molecule has 0 spiro atoms. The van der Waals surface area contributed by atoms with Gasteiger partial charge in [0.15, 0.2) is 0 Å². The first kappa shape index (κ1) is 10.4. The van der Waals surface area contributed by atoms with E-state index in [1.54, 1.807) is 0 Å². The Morgan fingerprint density at radius 1 is 1.40 bits per heavy atom. The molecule has 0 unspecified atom stereocenters. The van der Waals surface area contributed by atoms with Crippen molar-refractivity contribution in [2.24, 2.45) is 0 Å². The van der Waals surface area contributed by atoms with Crippen LogP contribution in [0.5, 0.6) is 0 Å². The molecule has 0 radical (unpaired) electrons. The van der Waals surface area contributed by atoms with E-state index in [2.05, 4.69) is 35.1 Å². The molecule has 1 aromatic rings. The van der Waals surface area contributed by atoms with Gasteiger partial charge in [-0.05, 0) is 25.0 Å². The number of nitrogens with zero attached hydrogens (tertiary/aromatic N) is 2. The Morgan fingerprint density at radius 2 is 2.13 bits per heavy atom. The van der Waals surface area contributed by atoms with E-state index < -0.39 is 0 Å². The molecule has 0 aliphatic carbocycles. The summed E-state index contributed by atoms with van der Waals surface area (Å²) in [6.07, 6.45) is 2.99. The molecule has 3 nitrogen and oxygen atoms in total. The van der Waals surface area contributed by atoms with Crippen molar-refractivity contribution in [2.75, 3.05) is 31.1 Å². The van der Waals surface area contributed by atoms with Crippen LogP contribution in [0.3, 0.4) is 0 Å². The van der Waals surface area contributed by atoms with Crippen molar-refractivity contribution in [1.82, 2.24) is 10.3 Å². The maximum atomic E-state index is 4.36. The van der Waals surface area contributed by atoms with Gasteiger partial charge in [-0.15, -0.1) is 0 Å². The molecule has 2 heterocycles. The Labute approximate surface area is 91.5 Å². The zero-order chi connectivity index (χ0) is 10.7. The summed E-state index contributed by atoms with van der Waals surface area (Å²) in [4.78, 5) is 6.83. The highest BCUT2D eigenvalue weighted by Gasteiger charge is 2.14. The van der Waals surface area contributed by atoms with E-state index in [9.17, 15) is 0 Å². The quantitative estimate of drug-likeness (QED) is 0.790. The first-order valence-corrected chi connectivity index (χ1v) is 5.73. The molecule has 1 saturated heterocycles. The predicted molar refractivity (Wildman–Crippen MR) is 63.4 cm³/mol. The summed E-state index contributed by atoms with van der Waals surface area (Å²) in [5.74, 6) is 0. The average Bonchev–Trinajstić information content (AvgIpc) is 2.30. The number of hydrogen-bond acceptors (Lipinski definition) is 3. The maximum absolute atomic E-state index is 4.36. The topological polar surface area (TPSA) is 28.2 Å². The number of anilines is 1. The van der Waals surface area contributed by atoms with Gasteiger partial charge in [0.05, 0.1) is 0 Å². The zero-order valence-electron chi connectivity index (χ0n) is 9.58. The van der Waals surface area contributed by atoms with Crippen LogP contribution in [0.1, 0.15) is 18.2 Å². The second kappa shape index (κ2) is 4.62. The van der Waals surface area contributed by atoms with Crippen molar-refractivity contribution in [3.63, 3.8) is 0 Å². The van der Waals surface area contributed by atoms with Crippen molar-refractivity contribution < 1.29 is 0 Å². The van der Waals surface area contributed by atoms with E-state index in [1.165, 1.54) is 16.9 Å². The molecule has 0 bridgehead atoms.